The van der Waals surface area contributed by atoms with Gasteiger partial charge in [0.1, 0.15) is 0 Å². The number of ether oxygens (including phenoxy) is 2. The first-order valence-electron chi connectivity index (χ1n) is 12.1. The van der Waals surface area contributed by atoms with Gasteiger partial charge in [0.2, 0.25) is 0 Å². The van der Waals surface area contributed by atoms with Gasteiger partial charge in [-0.15, -0.1) is 0 Å². The standard InChI is InChI=1S/C25H38N2O5/c1-3-4-13-26-25(30)27(20-11-12-20)14-15-31-21-9-6-10-22(16-21)32-17-19-8-5-7-18(2)23(19)24(28)29/h5,7-8,20-22H,3-4,6,9-17H2,1-2H3,(H,26,30)(H,28,29)/t21-,22+/m1/s1. The van der Waals surface area contributed by atoms with E-state index in [4.69, 9.17) is 9.47 Å². The van der Waals surface area contributed by atoms with Crippen molar-refractivity contribution in [3.05, 3.63) is 34.9 Å². The van der Waals surface area contributed by atoms with Gasteiger partial charge in [0.15, 0.2) is 0 Å². The normalized spacial score (nSPS) is 20.7. The number of benzene rings is 1. The van der Waals surface area contributed by atoms with E-state index in [0.29, 0.717) is 31.4 Å². The molecule has 0 saturated heterocycles. The molecule has 0 unspecified atom stereocenters. The summed E-state index contributed by atoms with van der Waals surface area (Å²) in [6.45, 7) is 6.11. The van der Waals surface area contributed by atoms with Gasteiger partial charge in [-0.25, -0.2) is 9.59 Å². The number of carbonyl (C=O) groups excluding carboxylic acids is 1. The molecule has 0 heterocycles. The molecule has 178 valence electrons. The summed E-state index contributed by atoms with van der Waals surface area (Å²) < 4.78 is 12.2. The first-order valence-corrected chi connectivity index (χ1v) is 12.1. The lowest BCUT2D eigenvalue weighted by Crippen LogP contribution is -2.44. The smallest absolute Gasteiger partial charge is 0.336 e. The van der Waals surface area contributed by atoms with Crippen molar-refractivity contribution in [1.82, 2.24) is 10.2 Å². The molecule has 2 N–H and O–H groups in total. The molecule has 3 rings (SSSR count). The van der Waals surface area contributed by atoms with Crippen LogP contribution in [0.15, 0.2) is 18.2 Å². The highest BCUT2D eigenvalue weighted by molar-refractivity contribution is 5.91. The highest BCUT2D eigenvalue weighted by Crippen LogP contribution is 2.28. The average molecular weight is 447 g/mol. The number of nitrogens with zero attached hydrogens (tertiary/aromatic N) is 1. The van der Waals surface area contributed by atoms with Crippen molar-refractivity contribution in [1.29, 1.82) is 0 Å². The minimum Gasteiger partial charge on any atom is -0.478 e. The molecule has 2 aliphatic carbocycles. The van der Waals surface area contributed by atoms with Crippen molar-refractivity contribution in [2.24, 2.45) is 0 Å². The number of carbonyl (C=O) groups is 2. The maximum atomic E-state index is 12.5. The predicted molar refractivity (Wildman–Crippen MR) is 123 cm³/mol. The van der Waals surface area contributed by atoms with Crippen molar-refractivity contribution in [2.45, 2.75) is 90.1 Å². The fourth-order valence-electron chi connectivity index (χ4n) is 4.39. The van der Waals surface area contributed by atoms with Crippen LogP contribution in [0.3, 0.4) is 0 Å². The zero-order chi connectivity index (χ0) is 22.9. The fraction of sp³-hybridized carbons (Fsp3) is 0.680. The number of hydrogen-bond acceptors (Lipinski definition) is 4. The Morgan fingerprint density at radius 1 is 1.16 bits per heavy atom. The van der Waals surface area contributed by atoms with Crippen LogP contribution in [0.5, 0.6) is 0 Å². The Morgan fingerprint density at radius 2 is 1.91 bits per heavy atom. The van der Waals surface area contributed by atoms with Crippen LogP contribution in [0.25, 0.3) is 0 Å². The maximum Gasteiger partial charge on any atom is 0.336 e. The molecule has 0 radical (unpaired) electrons. The number of hydrogen-bond donors (Lipinski definition) is 2. The average Bonchev–Trinajstić information content (AvgIpc) is 3.60. The molecule has 1 aromatic carbocycles. The SMILES string of the molecule is CCCCNC(=O)N(CCO[C@@H]1CCC[C@H](OCc2cccc(C)c2C(=O)O)C1)C1CC1. The Morgan fingerprint density at radius 3 is 2.59 bits per heavy atom. The number of rotatable bonds is 12. The van der Waals surface area contributed by atoms with Gasteiger partial charge in [-0.2, -0.15) is 0 Å². The Hall–Kier alpha value is -2.12. The lowest BCUT2D eigenvalue weighted by molar-refractivity contribution is -0.0526. The predicted octanol–water partition coefficient (Wildman–Crippen LogP) is 4.51. The topological polar surface area (TPSA) is 88.1 Å². The van der Waals surface area contributed by atoms with Gasteiger partial charge in [0.25, 0.3) is 0 Å². The van der Waals surface area contributed by atoms with Crippen LogP contribution >= 0.6 is 0 Å². The van der Waals surface area contributed by atoms with Crippen molar-refractivity contribution in [2.75, 3.05) is 19.7 Å². The van der Waals surface area contributed by atoms with Crippen LogP contribution in [0.2, 0.25) is 0 Å². The summed E-state index contributed by atoms with van der Waals surface area (Å²) in [5, 5.41) is 12.5. The van der Waals surface area contributed by atoms with Gasteiger partial charge in [0.05, 0.1) is 31.0 Å². The van der Waals surface area contributed by atoms with Crippen molar-refractivity contribution in [3.63, 3.8) is 0 Å². The fourth-order valence-corrected chi connectivity index (χ4v) is 4.39. The second kappa shape index (κ2) is 12.2. The lowest BCUT2D eigenvalue weighted by atomic mass is 9.94. The summed E-state index contributed by atoms with van der Waals surface area (Å²) in [4.78, 5) is 26.0. The van der Waals surface area contributed by atoms with Crippen LogP contribution in [0.4, 0.5) is 4.79 Å². The summed E-state index contributed by atoms with van der Waals surface area (Å²) >= 11 is 0. The molecule has 2 aliphatic rings. The monoisotopic (exact) mass is 446 g/mol. The highest BCUT2D eigenvalue weighted by Gasteiger charge is 2.32. The number of carboxylic acids is 1. The van der Waals surface area contributed by atoms with Gasteiger partial charge in [0, 0.05) is 19.1 Å². The molecule has 1 aromatic rings. The quantitative estimate of drug-likeness (QED) is 0.461. The molecular formula is C25H38N2O5. The van der Waals surface area contributed by atoms with E-state index in [-0.39, 0.29) is 18.2 Å². The number of carboxylic acid groups (broad SMARTS) is 1. The maximum absolute atomic E-state index is 12.5. The van der Waals surface area contributed by atoms with E-state index >= 15 is 0 Å². The second-order valence-corrected chi connectivity index (χ2v) is 9.02. The number of urea groups is 1. The van der Waals surface area contributed by atoms with E-state index in [1.54, 1.807) is 0 Å². The second-order valence-electron chi connectivity index (χ2n) is 9.02. The van der Waals surface area contributed by atoms with Gasteiger partial charge >= 0.3 is 12.0 Å². The van der Waals surface area contributed by atoms with E-state index in [1.807, 2.05) is 30.0 Å². The molecule has 2 saturated carbocycles. The zero-order valence-corrected chi connectivity index (χ0v) is 19.5. The molecular weight excluding hydrogens is 408 g/mol. The van der Waals surface area contributed by atoms with E-state index in [0.717, 1.165) is 69.0 Å². The molecule has 0 bridgehead atoms. The Labute approximate surface area is 191 Å². The number of amides is 2. The largest absolute Gasteiger partial charge is 0.478 e. The molecule has 7 nitrogen and oxygen atoms in total. The van der Waals surface area contributed by atoms with Crippen molar-refractivity contribution >= 4 is 12.0 Å². The van der Waals surface area contributed by atoms with Gasteiger partial charge in [-0.05, 0) is 63.0 Å². The molecule has 32 heavy (non-hydrogen) atoms. The molecule has 0 spiro atoms. The van der Waals surface area contributed by atoms with Crippen molar-refractivity contribution < 1.29 is 24.2 Å². The third kappa shape index (κ3) is 7.20. The first kappa shape index (κ1) is 24.5. The van der Waals surface area contributed by atoms with Crippen LogP contribution in [0.1, 0.15) is 79.8 Å². The first-order chi connectivity index (χ1) is 15.5. The summed E-state index contributed by atoms with van der Waals surface area (Å²) in [7, 11) is 0. The molecule has 0 aliphatic heterocycles. The highest BCUT2D eigenvalue weighted by atomic mass is 16.5. The van der Waals surface area contributed by atoms with E-state index in [9.17, 15) is 14.7 Å². The van der Waals surface area contributed by atoms with Gasteiger partial charge in [-0.3, -0.25) is 0 Å². The van der Waals surface area contributed by atoms with Crippen LogP contribution in [0, 0.1) is 6.92 Å². The van der Waals surface area contributed by atoms with Crippen LogP contribution in [-0.2, 0) is 16.1 Å². The third-order valence-electron chi connectivity index (χ3n) is 6.37. The van der Waals surface area contributed by atoms with Gasteiger partial charge < -0.3 is 24.8 Å². The van der Waals surface area contributed by atoms with Gasteiger partial charge in [-0.1, -0.05) is 31.5 Å². The summed E-state index contributed by atoms with van der Waals surface area (Å²) in [6.07, 6.45) is 8.20. The number of aromatic carboxylic acids is 1. The van der Waals surface area contributed by atoms with Crippen LogP contribution < -0.4 is 5.32 Å². The molecule has 2 fully saturated rings. The minimum absolute atomic E-state index is 0.0294. The van der Waals surface area contributed by atoms with E-state index < -0.39 is 5.97 Å². The summed E-state index contributed by atoms with van der Waals surface area (Å²) in [5.41, 5.74) is 1.81. The van der Waals surface area contributed by atoms with Crippen molar-refractivity contribution in [3.8, 4) is 0 Å². The van der Waals surface area contributed by atoms with Crippen LogP contribution in [-0.4, -0.2) is 60.0 Å². The Bertz CT molecular complexity index is 765. The lowest BCUT2D eigenvalue weighted by Gasteiger charge is -2.30. The number of aryl methyl sites for hydroxylation is 1. The zero-order valence-electron chi connectivity index (χ0n) is 19.5. The third-order valence-corrected chi connectivity index (χ3v) is 6.37. The molecule has 2 atom stereocenters. The Balaban J connectivity index is 1.43. The Kier molecular flexibility index (Phi) is 9.36. The molecule has 7 heteroatoms. The number of nitrogens with one attached hydrogen (secondary N) is 1. The summed E-state index contributed by atoms with van der Waals surface area (Å²) in [5.74, 6) is -0.912. The summed E-state index contributed by atoms with van der Waals surface area (Å²) in [6, 6.07) is 5.90. The number of unbranched alkanes of at least 4 members (excludes halogenated alkanes) is 1. The van der Waals surface area contributed by atoms with E-state index in [2.05, 4.69) is 12.2 Å². The molecule has 0 aromatic heterocycles. The molecule has 2 amide bonds. The van der Waals surface area contributed by atoms with E-state index in [1.165, 1.54) is 0 Å². The minimum atomic E-state index is -0.912.